The van der Waals surface area contributed by atoms with E-state index < -0.39 is 5.60 Å². The van der Waals surface area contributed by atoms with Gasteiger partial charge in [-0.15, -0.1) is 11.3 Å². The van der Waals surface area contributed by atoms with Crippen LogP contribution < -0.4 is 0 Å². The van der Waals surface area contributed by atoms with Crippen LogP contribution in [0.3, 0.4) is 0 Å². The van der Waals surface area contributed by atoms with E-state index in [9.17, 15) is 5.11 Å². The number of rotatable bonds is 4. The van der Waals surface area contributed by atoms with Crippen LogP contribution in [-0.2, 0) is 12.0 Å². The van der Waals surface area contributed by atoms with Gasteiger partial charge in [0.15, 0.2) is 0 Å². The Labute approximate surface area is 124 Å². The lowest BCUT2D eigenvalue weighted by atomic mass is 9.98. The third-order valence-corrected chi connectivity index (χ3v) is 5.41. The second-order valence-electron chi connectivity index (χ2n) is 6.09. The predicted octanol–water partition coefficient (Wildman–Crippen LogP) is 3.82. The highest BCUT2D eigenvalue weighted by molar-refractivity contribution is 7.12. The number of aryl methyl sites for hydroxylation is 1. The largest absolute Gasteiger partial charge is 0.384 e. The molecular weight excluding hydrogens is 268 g/mol. The average Bonchev–Trinajstić information content (AvgIpc) is 3.06. The highest BCUT2D eigenvalue weighted by atomic mass is 32.1. The van der Waals surface area contributed by atoms with Crippen LogP contribution in [0, 0.1) is 6.92 Å². The first-order valence-corrected chi connectivity index (χ1v) is 8.19. The molecule has 1 N–H and O–H groups in total. The second kappa shape index (κ2) is 5.34. The van der Waals surface area contributed by atoms with Gasteiger partial charge in [0.05, 0.1) is 11.7 Å². The van der Waals surface area contributed by atoms with Gasteiger partial charge in [-0.3, -0.25) is 4.68 Å². The van der Waals surface area contributed by atoms with Crippen LogP contribution in [0.4, 0.5) is 0 Å². The Kier molecular flexibility index (Phi) is 3.69. The topological polar surface area (TPSA) is 38.0 Å². The molecule has 2 heterocycles. The summed E-state index contributed by atoms with van der Waals surface area (Å²) in [5.74, 6) is 0. The molecule has 1 aliphatic carbocycles. The van der Waals surface area contributed by atoms with E-state index in [1.165, 1.54) is 30.6 Å². The van der Waals surface area contributed by atoms with Crippen LogP contribution >= 0.6 is 11.3 Å². The van der Waals surface area contributed by atoms with Gasteiger partial charge < -0.3 is 5.11 Å². The molecule has 0 radical (unpaired) electrons. The summed E-state index contributed by atoms with van der Waals surface area (Å²) in [5.41, 5.74) is 0.154. The lowest BCUT2D eigenvalue weighted by molar-refractivity contribution is 0.0602. The van der Waals surface area contributed by atoms with Crippen molar-refractivity contribution in [3.05, 3.63) is 39.8 Å². The molecular formula is C16H22N2OS. The van der Waals surface area contributed by atoms with Crippen molar-refractivity contribution in [2.45, 2.75) is 57.6 Å². The maximum absolute atomic E-state index is 10.7. The summed E-state index contributed by atoms with van der Waals surface area (Å²) >= 11 is 1.66. The molecule has 4 heteroatoms. The van der Waals surface area contributed by atoms with Crippen molar-refractivity contribution in [2.75, 3.05) is 0 Å². The van der Waals surface area contributed by atoms with Crippen LogP contribution in [0.5, 0.6) is 0 Å². The van der Waals surface area contributed by atoms with E-state index in [4.69, 9.17) is 0 Å². The summed E-state index contributed by atoms with van der Waals surface area (Å²) in [6.07, 6.45) is 7.75. The number of aromatic nitrogens is 2. The molecule has 108 valence electrons. The van der Waals surface area contributed by atoms with E-state index >= 15 is 0 Å². The van der Waals surface area contributed by atoms with E-state index in [-0.39, 0.29) is 0 Å². The van der Waals surface area contributed by atoms with Crippen molar-refractivity contribution in [1.82, 2.24) is 9.78 Å². The summed E-state index contributed by atoms with van der Waals surface area (Å²) in [4.78, 5) is 2.25. The molecule has 0 aliphatic heterocycles. The summed E-state index contributed by atoms with van der Waals surface area (Å²) in [5, 5.41) is 15.4. The number of hydrogen-bond acceptors (Lipinski definition) is 3. The lowest BCUT2D eigenvalue weighted by Crippen LogP contribution is -2.23. The smallest absolute Gasteiger partial charge is 0.102 e. The highest BCUT2D eigenvalue weighted by Gasteiger charge is 2.27. The minimum absolute atomic E-state index is 0.567. The van der Waals surface area contributed by atoms with E-state index in [1.807, 2.05) is 19.1 Å². The van der Waals surface area contributed by atoms with Gasteiger partial charge in [0.25, 0.3) is 0 Å². The minimum Gasteiger partial charge on any atom is -0.384 e. The molecule has 1 saturated carbocycles. The van der Waals surface area contributed by atoms with E-state index in [0.717, 1.165) is 10.6 Å². The fourth-order valence-corrected chi connectivity index (χ4v) is 3.92. The molecule has 1 atom stereocenters. The Hall–Kier alpha value is -1.13. The molecule has 0 aromatic carbocycles. The summed E-state index contributed by atoms with van der Waals surface area (Å²) in [7, 11) is 0. The van der Waals surface area contributed by atoms with Crippen molar-refractivity contribution in [3.63, 3.8) is 0 Å². The first kappa shape index (κ1) is 13.8. The Morgan fingerprint density at radius 2 is 2.10 bits per heavy atom. The molecule has 0 amide bonds. The van der Waals surface area contributed by atoms with Crippen LogP contribution in [0.15, 0.2) is 24.4 Å². The monoisotopic (exact) mass is 290 g/mol. The van der Waals surface area contributed by atoms with Crippen molar-refractivity contribution >= 4 is 11.3 Å². The van der Waals surface area contributed by atoms with Crippen LogP contribution in [0.25, 0.3) is 0 Å². The molecule has 20 heavy (non-hydrogen) atoms. The Morgan fingerprint density at radius 1 is 1.35 bits per heavy atom. The van der Waals surface area contributed by atoms with Crippen LogP contribution in [-0.4, -0.2) is 14.9 Å². The summed E-state index contributed by atoms with van der Waals surface area (Å²) in [6.45, 7) is 3.95. The summed E-state index contributed by atoms with van der Waals surface area (Å²) in [6, 6.07) is 6.70. The van der Waals surface area contributed by atoms with E-state index in [0.29, 0.717) is 12.5 Å². The average molecular weight is 290 g/mol. The molecule has 1 fully saturated rings. The minimum atomic E-state index is -0.826. The quantitative estimate of drug-likeness (QED) is 0.929. The Bertz CT molecular complexity index is 579. The van der Waals surface area contributed by atoms with Gasteiger partial charge in [-0.2, -0.15) is 5.10 Å². The van der Waals surface area contributed by atoms with Gasteiger partial charge in [-0.1, -0.05) is 12.8 Å². The molecule has 0 saturated heterocycles. The number of hydrogen-bond donors (Lipinski definition) is 1. The number of nitrogens with zero attached hydrogens (tertiary/aromatic N) is 2. The SMILES string of the molecule is Cc1ccc(C(C)(O)Cc2ccn(C3CCCC3)n2)s1. The molecule has 2 aromatic rings. The first-order valence-electron chi connectivity index (χ1n) is 7.38. The van der Waals surface area contributed by atoms with Gasteiger partial charge in [-0.05, 0) is 44.9 Å². The normalized spacial score (nSPS) is 19.4. The fourth-order valence-electron chi connectivity index (χ4n) is 3.01. The zero-order valence-corrected chi connectivity index (χ0v) is 13.0. The fraction of sp³-hybridized carbons (Fsp3) is 0.562. The zero-order valence-electron chi connectivity index (χ0n) is 12.2. The van der Waals surface area contributed by atoms with Gasteiger partial charge in [0.2, 0.25) is 0 Å². The standard InChI is InChI=1S/C16H22N2OS/c1-12-7-8-15(20-12)16(2,19)11-13-9-10-18(17-13)14-5-3-4-6-14/h7-10,14,19H,3-6,11H2,1-2H3. The first-order chi connectivity index (χ1) is 9.54. The molecule has 3 nitrogen and oxygen atoms in total. The van der Waals surface area contributed by atoms with Gasteiger partial charge in [-0.25, -0.2) is 0 Å². The van der Waals surface area contributed by atoms with E-state index in [2.05, 4.69) is 29.0 Å². The molecule has 0 bridgehead atoms. The van der Waals surface area contributed by atoms with Gasteiger partial charge in [0.1, 0.15) is 5.60 Å². The lowest BCUT2D eigenvalue weighted by Gasteiger charge is -2.20. The molecule has 1 aliphatic rings. The van der Waals surface area contributed by atoms with Crippen molar-refractivity contribution in [2.24, 2.45) is 0 Å². The zero-order chi connectivity index (χ0) is 14.2. The van der Waals surface area contributed by atoms with E-state index in [1.54, 1.807) is 11.3 Å². The van der Waals surface area contributed by atoms with Gasteiger partial charge in [0, 0.05) is 22.4 Å². The predicted molar refractivity (Wildman–Crippen MR) is 82.1 cm³/mol. The highest BCUT2D eigenvalue weighted by Crippen LogP contribution is 2.32. The van der Waals surface area contributed by atoms with Crippen molar-refractivity contribution < 1.29 is 5.11 Å². The molecule has 3 rings (SSSR count). The number of aliphatic hydroxyl groups is 1. The van der Waals surface area contributed by atoms with Crippen LogP contribution in [0.2, 0.25) is 0 Å². The maximum atomic E-state index is 10.7. The van der Waals surface area contributed by atoms with Crippen LogP contribution in [0.1, 0.15) is 54.1 Å². The van der Waals surface area contributed by atoms with Crippen molar-refractivity contribution in [1.29, 1.82) is 0 Å². The number of thiophene rings is 1. The third-order valence-electron chi connectivity index (χ3n) is 4.16. The third kappa shape index (κ3) is 2.81. The van der Waals surface area contributed by atoms with Crippen molar-refractivity contribution in [3.8, 4) is 0 Å². The second-order valence-corrected chi connectivity index (χ2v) is 7.37. The maximum Gasteiger partial charge on any atom is 0.102 e. The Balaban J connectivity index is 1.73. The molecule has 2 aromatic heterocycles. The van der Waals surface area contributed by atoms with Gasteiger partial charge >= 0.3 is 0 Å². The molecule has 0 spiro atoms. The Morgan fingerprint density at radius 3 is 2.75 bits per heavy atom. The molecule has 1 unspecified atom stereocenters. The summed E-state index contributed by atoms with van der Waals surface area (Å²) < 4.78 is 2.10.